The number of aliphatic imine (C=N–C) groups is 1. The van der Waals surface area contributed by atoms with Crippen molar-refractivity contribution in [2.75, 3.05) is 0 Å². The summed E-state index contributed by atoms with van der Waals surface area (Å²) in [4.78, 5) is 4.83. The maximum Gasteiger partial charge on any atom is 0.192 e. The monoisotopic (exact) mass is 382 g/mol. The van der Waals surface area contributed by atoms with Crippen LogP contribution in [0.5, 0.6) is 0 Å². The normalized spacial score (nSPS) is 16.8. The lowest BCUT2D eigenvalue weighted by Crippen LogP contribution is -2.47. The molecule has 28 heavy (non-hydrogen) atoms. The van der Waals surface area contributed by atoms with E-state index in [0.29, 0.717) is 18.6 Å². The van der Waals surface area contributed by atoms with Gasteiger partial charge in [-0.25, -0.2) is 4.99 Å². The van der Waals surface area contributed by atoms with Crippen molar-refractivity contribution in [1.29, 1.82) is 0 Å². The van der Waals surface area contributed by atoms with Gasteiger partial charge in [-0.3, -0.25) is 0 Å². The molecule has 1 aliphatic rings. The van der Waals surface area contributed by atoms with Crippen molar-refractivity contribution in [3.63, 3.8) is 0 Å². The zero-order chi connectivity index (χ0) is 19.8. The van der Waals surface area contributed by atoms with Gasteiger partial charge >= 0.3 is 0 Å². The highest BCUT2D eigenvalue weighted by Gasteiger charge is 2.16. The van der Waals surface area contributed by atoms with E-state index in [1.54, 1.807) is 0 Å². The predicted octanol–water partition coefficient (Wildman–Crippen LogP) is 3.51. The summed E-state index contributed by atoms with van der Waals surface area (Å²) in [6.07, 6.45) is 8.54. The number of benzene rings is 1. The number of aryl methyl sites for hydroxylation is 2. The number of aromatic nitrogens is 3. The topological polar surface area (TPSA) is 67.1 Å². The Labute approximate surface area is 168 Å². The molecule has 1 aliphatic carbocycles. The lowest BCUT2D eigenvalue weighted by molar-refractivity contribution is 0.407. The fourth-order valence-corrected chi connectivity index (χ4v) is 3.65. The van der Waals surface area contributed by atoms with Gasteiger partial charge in [0, 0.05) is 19.1 Å². The second-order valence-electron chi connectivity index (χ2n) is 7.94. The van der Waals surface area contributed by atoms with E-state index in [1.165, 1.54) is 37.7 Å². The van der Waals surface area contributed by atoms with Crippen LogP contribution in [0.25, 0.3) is 0 Å². The van der Waals surface area contributed by atoms with Gasteiger partial charge in [-0.15, -0.1) is 10.2 Å². The molecule has 6 heteroatoms. The molecule has 1 aromatic heterocycles. The van der Waals surface area contributed by atoms with Crippen molar-refractivity contribution in [1.82, 2.24) is 25.4 Å². The van der Waals surface area contributed by atoms with Crippen molar-refractivity contribution in [2.24, 2.45) is 12.0 Å². The summed E-state index contributed by atoms with van der Waals surface area (Å²) in [5, 5.41) is 15.7. The highest BCUT2D eigenvalue weighted by Crippen LogP contribution is 2.17. The Morgan fingerprint density at radius 1 is 1.18 bits per heavy atom. The van der Waals surface area contributed by atoms with Crippen LogP contribution in [-0.2, 0) is 20.0 Å². The molecule has 0 spiro atoms. The number of rotatable bonds is 7. The molecule has 2 N–H and O–H groups in total. The van der Waals surface area contributed by atoms with E-state index >= 15 is 0 Å². The van der Waals surface area contributed by atoms with Gasteiger partial charge in [0.25, 0.3) is 0 Å². The lowest BCUT2D eigenvalue weighted by atomic mass is 9.96. The molecule has 1 atom stereocenters. The molecule has 0 aliphatic heterocycles. The molecule has 0 bridgehead atoms. The Morgan fingerprint density at radius 2 is 1.93 bits per heavy atom. The SMILES string of the molecule is Cc1nnc(CN=C(NC(C)CCc2ccccc2)NC2CCCCC2)n1C. The third-order valence-corrected chi connectivity index (χ3v) is 5.60. The summed E-state index contributed by atoms with van der Waals surface area (Å²) >= 11 is 0. The first-order valence-corrected chi connectivity index (χ1v) is 10.6. The number of nitrogens with one attached hydrogen (secondary N) is 2. The van der Waals surface area contributed by atoms with Crippen LogP contribution in [-0.4, -0.2) is 32.8 Å². The van der Waals surface area contributed by atoms with E-state index in [-0.39, 0.29) is 0 Å². The highest BCUT2D eigenvalue weighted by molar-refractivity contribution is 5.80. The Kier molecular flexibility index (Phi) is 7.46. The molecular weight excluding hydrogens is 348 g/mol. The summed E-state index contributed by atoms with van der Waals surface area (Å²) in [5.74, 6) is 2.70. The summed E-state index contributed by atoms with van der Waals surface area (Å²) in [5.41, 5.74) is 1.38. The standard InChI is InChI=1S/C22H34N6/c1-17(14-15-19-10-6-4-7-11-19)24-22(25-20-12-8-5-9-13-20)23-16-21-27-26-18(2)28(21)3/h4,6-7,10-11,17,20H,5,8-9,12-16H2,1-3H3,(H2,23,24,25). The van der Waals surface area contributed by atoms with Gasteiger partial charge in [-0.1, -0.05) is 49.6 Å². The number of nitrogens with zero attached hydrogens (tertiary/aromatic N) is 4. The summed E-state index contributed by atoms with van der Waals surface area (Å²) < 4.78 is 2.00. The first-order chi connectivity index (χ1) is 13.6. The molecule has 0 radical (unpaired) electrons. The van der Waals surface area contributed by atoms with Crippen LogP contribution in [0.4, 0.5) is 0 Å². The van der Waals surface area contributed by atoms with Crippen LogP contribution in [0, 0.1) is 6.92 Å². The van der Waals surface area contributed by atoms with Gasteiger partial charge in [0.15, 0.2) is 11.8 Å². The van der Waals surface area contributed by atoms with E-state index < -0.39 is 0 Å². The van der Waals surface area contributed by atoms with Gasteiger partial charge in [-0.2, -0.15) is 0 Å². The minimum absolute atomic E-state index is 0.344. The van der Waals surface area contributed by atoms with E-state index in [0.717, 1.165) is 30.5 Å². The fourth-order valence-electron chi connectivity index (χ4n) is 3.65. The molecule has 6 nitrogen and oxygen atoms in total. The lowest BCUT2D eigenvalue weighted by Gasteiger charge is -2.26. The summed E-state index contributed by atoms with van der Waals surface area (Å²) in [6.45, 7) is 4.73. The van der Waals surface area contributed by atoms with Crippen LogP contribution < -0.4 is 10.6 Å². The Bertz CT molecular complexity index is 746. The van der Waals surface area contributed by atoms with Gasteiger partial charge in [0.05, 0.1) is 0 Å². The molecule has 1 saturated carbocycles. The van der Waals surface area contributed by atoms with Crippen molar-refractivity contribution < 1.29 is 0 Å². The van der Waals surface area contributed by atoms with Crippen molar-refractivity contribution >= 4 is 5.96 Å². The molecule has 1 fully saturated rings. The van der Waals surface area contributed by atoms with Gasteiger partial charge < -0.3 is 15.2 Å². The zero-order valence-electron chi connectivity index (χ0n) is 17.5. The van der Waals surface area contributed by atoms with Crippen molar-refractivity contribution in [3.05, 3.63) is 47.5 Å². The molecule has 1 heterocycles. The van der Waals surface area contributed by atoms with Gasteiger partial charge in [-0.05, 0) is 45.1 Å². The van der Waals surface area contributed by atoms with E-state index in [2.05, 4.69) is 58.1 Å². The second kappa shape index (κ2) is 10.2. The zero-order valence-corrected chi connectivity index (χ0v) is 17.5. The third kappa shape index (κ3) is 6.08. The van der Waals surface area contributed by atoms with E-state index in [1.807, 2.05) is 18.5 Å². The highest BCUT2D eigenvalue weighted by atomic mass is 15.3. The van der Waals surface area contributed by atoms with Crippen LogP contribution >= 0.6 is 0 Å². The molecular formula is C22H34N6. The third-order valence-electron chi connectivity index (χ3n) is 5.60. The Morgan fingerprint density at radius 3 is 2.61 bits per heavy atom. The minimum Gasteiger partial charge on any atom is -0.354 e. The molecule has 152 valence electrons. The maximum atomic E-state index is 4.83. The van der Waals surface area contributed by atoms with Crippen LogP contribution in [0.15, 0.2) is 35.3 Å². The van der Waals surface area contributed by atoms with Crippen LogP contribution in [0.2, 0.25) is 0 Å². The first kappa shape index (κ1) is 20.4. The number of hydrogen-bond acceptors (Lipinski definition) is 3. The number of guanidine groups is 1. The Hall–Kier alpha value is -2.37. The molecule has 1 aromatic carbocycles. The largest absolute Gasteiger partial charge is 0.354 e. The fraction of sp³-hybridized carbons (Fsp3) is 0.591. The summed E-state index contributed by atoms with van der Waals surface area (Å²) in [7, 11) is 1.99. The smallest absolute Gasteiger partial charge is 0.192 e. The minimum atomic E-state index is 0.344. The molecule has 3 rings (SSSR count). The Balaban J connectivity index is 1.60. The van der Waals surface area contributed by atoms with E-state index in [4.69, 9.17) is 4.99 Å². The summed E-state index contributed by atoms with van der Waals surface area (Å²) in [6, 6.07) is 11.5. The van der Waals surface area contributed by atoms with E-state index in [9.17, 15) is 0 Å². The van der Waals surface area contributed by atoms with Crippen LogP contribution in [0.3, 0.4) is 0 Å². The van der Waals surface area contributed by atoms with Crippen LogP contribution in [0.1, 0.15) is 62.7 Å². The second-order valence-corrected chi connectivity index (χ2v) is 7.94. The van der Waals surface area contributed by atoms with Gasteiger partial charge in [0.2, 0.25) is 0 Å². The van der Waals surface area contributed by atoms with Gasteiger partial charge in [0.1, 0.15) is 12.4 Å². The molecule has 0 amide bonds. The molecule has 0 saturated heterocycles. The maximum absolute atomic E-state index is 4.83. The van der Waals surface area contributed by atoms with Crippen molar-refractivity contribution in [3.8, 4) is 0 Å². The quantitative estimate of drug-likeness (QED) is 0.568. The first-order valence-electron chi connectivity index (χ1n) is 10.6. The molecule has 1 unspecified atom stereocenters. The van der Waals surface area contributed by atoms with Crippen molar-refractivity contribution in [2.45, 2.75) is 77.4 Å². The number of hydrogen-bond donors (Lipinski definition) is 2. The molecule has 2 aromatic rings. The average molecular weight is 383 g/mol. The average Bonchev–Trinajstić information content (AvgIpc) is 3.04. The predicted molar refractivity (Wildman–Crippen MR) is 114 cm³/mol.